The lowest BCUT2D eigenvalue weighted by Gasteiger charge is -2.18. The Kier molecular flexibility index (Phi) is 2.36. The summed E-state index contributed by atoms with van der Waals surface area (Å²) in [5, 5.41) is 0. The number of methoxy groups -OCH3 is 1. The van der Waals surface area contributed by atoms with Gasteiger partial charge in [0.1, 0.15) is 0 Å². The second-order valence-electron chi connectivity index (χ2n) is 3.69. The van der Waals surface area contributed by atoms with Gasteiger partial charge in [-0.2, -0.15) is 0 Å². The molecule has 1 saturated heterocycles. The van der Waals surface area contributed by atoms with E-state index >= 15 is 0 Å². The lowest BCUT2D eigenvalue weighted by Crippen LogP contribution is -2.21. The minimum absolute atomic E-state index is 0.274. The number of likely N-dealkylation sites (tertiary alicyclic amines) is 1. The SMILES string of the molecule is COC1CCN(C2=CC(=O)CC2)C1. The van der Waals surface area contributed by atoms with Gasteiger partial charge in [0.15, 0.2) is 5.78 Å². The molecule has 1 fully saturated rings. The molecule has 72 valence electrons. The predicted molar refractivity (Wildman–Crippen MR) is 49.3 cm³/mol. The molecule has 0 amide bonds. The maximum absolute atomic E-state index is 11.0. The van der Waals surface area contributed by atoms with Crippen LogP contribution in [0.4, 0.5) is 0 Å². The Morgan fingerprint density at radius 3 is 2.92 bits per heavy atom. The van der Waals surface area contributed by atoms with Crippen LogP contribution in [0, 0.1) is 0 Å². The van der Waals surface area contributed by atoms with Crippen LogP contribution in [0.15, 0.2) is 11.8 Å². The largest absolute Gasteiger partial charge is 0.380 e. The molecule has 1 aliphatic carbocycles. The van der Waals surface area contributed by atoms with Gasteiger partial charge in [-0.15, -0.1) is 0 Å². The third kappa shape index (κ3) is 1.75. The summed E-state index contributed by atoms with van der Waals surface area (Å²) in [6, 6.07) is 0. The maximum Gasteiger partial charge on any atom is 0.157 e. The fourth-order valence-corrected chi connectivity index (χ4v) is 2.01. The molecule has 1 atom stereocenters. The van der Waals surface area contributed by atoms with Gasteiger partial charge < -0.3 is 9.64 Å². The van der Waals surface area contributed by atoms with Crippen molar-refractivity contribution < 1.29 is 9.53 Å². The van der Waals surface area contributed by atoms with Gasteiger partial charge in [0.25, 0.3) is 0 Å². The van der Waals surface area contributed by atoms with E-state index in [1.54, 1.807) is 13.2 Å². The second-order valence-corrected chi connectivity index (χ2v) is 3.69. The van der Waals surface area contributed by atoms with E-state index in [9.17, 15) is 4.79 Å². The number of carbonyl (C=O) groups is 1. The molecule has 0 N–H and O–H groups in total. The molecule has 2 rings (SSSR count). The third-order valence-corrected chi connectivity index (χ3v) is 2.84. The van der Waals surface area contributed by atoms with Crippen molar-refractivity contribution in [2.75, 3.05) is 20.2 Å². The third-order valence-electron chi connectivity index (χ3n) is 2.84. The average Bonchev–Trinajstić information content (AvgIpc) is 2.71. The summed E-state index contributed by atoms with van der Waals surface area (Å²) in [7, 11) is 1.75. The zero-order valence-corrected chi connectivity index (χ0v) is 7.95. The molecule has 1 heterocycles. The molecular formula is C10H15NO2. The molecule has 0 aromatic rings. The second kappa shape index (κ2) is 3.50. The van der Waals surface area contributed by atoms with E-state index in [2.05, 4.69) is 4.90 Å². The van der Waals surface area contributed by atoms with Gasteiger partial charge in [-0.3, -0.25) is 4.79 Å². The van der Waals surface area contributed by atoms with Gasteiger partial charge in [0.2, 0.25) is 0 Å². The van der Waals surface area contributed by atoms with Gasteiger partial charge in [0, 0.05) is 38.4 Å². The van der Waals surface area contributed by atoms with Crippen LogP contribution in [0.2, 0.25) is 0 Å². The average molecular weight is 181 g/mol. The monoisotopic (exact) mass is 181 g/mol. The molecule has 3 nitrogen and oxygen atoms in total. The number of nitrogens with zero attached hydrogens (tertiary/aromatic N) is 1. The maximum atomic E-state index is 11.0. The molecule has 0 aromatic heterocycles. The summed E-state index contributed by atoms with van der Waals surface area (Å²) in [5.41, 5.74) is 1.21. The standard InChI is InChI=1S/C10H15NO2/c1-13-10-4-5-11(7-10)8-2-3-9(12)6-8/h6,10H,2-5,7H2,1H3. The highest BCUT2D eigenvalue weighted by Gasteiger charge is 2.26. The van der Waals surface area contributed by atoms with E-state index in [0.29, 0.717) is 12.5 Å². The van der Waals surface area contributed by atoms with E-state index in [1.807, 2.05) is 0 Å². The summed E-state index contributed by atoms with van der Waals surface area (Å²) >= 11 is 0. The Morgan fingerprint density at radius 2 is 2.38 bits per heavy atom. The smallest absolute Gasteiger partial charge is 0.157 e. The zero-order chi connectivity index (χ0) is 9.26. The number of ketones is 1. The summed E-state index contributed by atoms with van der Waals surface area (Å²) in [6.45, 7) is 1.99. The zero-order valence-electron chi connectivity index (χ0n) is 7.95. The van der Waals surface area contributed by atoms with Crippen LogP contribution in [-0.4, -0.2) is 37.0 Å². The molecule has 1 aliphatic heterocycles. The molecular weight excluding hydrogens is 166 g/mol. The van der Waals surface area contributed by atoms with Crippen molar-refractivity contribution in [1.29, 1.82) is 0 Å². The van der Waals surface area contributed by atoms with E-state index in [0.717, 1.165) is 25.9 Å². The molecule has 1 unspecified atom stereocenters. The Hall–Kier alpha value is -0.830. The first-order valence-electron chi connectivity index (χ1n) is 4.81. The molecule has 13 heavy (non-hydrogen) atoms. The van der Waals surface area contributed by atoms with Crippen molar-refractivity contribution in [3.8, 4) is 0 Å². The number of allylic oxidation sites excluding steroid dienone is 2. The molecule has 0 radical (unpaired) electrons. The van der Waals surface area contributed by atoms with Gasteiger partial charge in [-0.05, 0) is 12.8 Å². The van der Waals surface area contributed by atoms with Crippen LogP contribution in [0.5, 0.6) is 0 Å². The van der Waals surface area contributed by atoms with Crippen LogP contribution >= 0.6 is 0 Å². The lowest BCUT2D eigenvalue weighted by atomic mass is 10.3. The minimum Gasteiger partial charge on any atom is -0.380 e. The van der Waals surface area contributed by atoms with Crippen LogP contribution < -0.4 is 0 Å². The van der Waals surface area contributed by atoms with Crippen molar-refractivity contribution >= 4 is 5.78 Å². The number of hydrogen-bond acceptors (Lipinski definition) is 3. The van der Waals surface area contributed by atoms with E-state index in [4.69, 9.17) is 4.74 Å². The Bertz CT molecular complexity index is 247. The van der Waals surface area contributed by atoms with Crippen LogP contribution in [0.25, 0.3) is 0 Å². The van der Waals surface area contributed by atoms with E-state index < -0.39 is 0 Å². The molecule has 0 bridgehead atoms. The molecule has 3 heteroatoms. The van der Waals surface area contributed by atoms with Crippen molar-refractivity contribution in [2.45, 2.75) is 25.4 Å². The topological polar surface area (TPSA) is 29.5 Å². The normalized spacial score (nSPS) is 28.4. The first-order valence-corrected chi connectivity index (χ1v) is 4.81. The number of hydrogen-bond donors (Lipinski definition) is 0. The van der Waals surface area contributed by atoms with Crippen LogP contribution in [-0.2, 0) is 9.53 Å². The Morgan fingerprint density at radius 1 is 1.54 bits per heavy atom. The van der Waals surface area contributed by atoms with Crippen molar-refractivity contribution in [3.05, 3.63) is 11.8 Å². The summed E-state index contributed by atoms with van der Waals surface area (Å²) < 4.78 is 5.27. The molecule has 0 aromatic carbocycles. The Balaban J connectivity index is 1.96. The van der Waals surface area contributed by atoms with Crippen LogP contribution in [0.3, 0.4) is 0 Å². The van der Waals surface area contributed by atoms with E-state index in [1.165, 1.54) is 5.70 Å². The number of rotatable bonds is 2. The van der Waals surface area contributed by atoms with E-state index in [-0.39, 0.29) is 5.78 Å². The van der Waals surface area contributed by atoms with Crippen LogP contribution in [0.1, 0.15) is 19.3 Å². The van der Waals surface area contributed by atoms with Gasteiger partial charge >= 0.3 is 0 Å². The molecule has 0 spiro atoms. The first kappa shape index (κ1) is 8.75. The minimum atomic E-state index is 0.274. The highest BCUT2D eigenvalue weighted by atomic mass is 16.5. The Labute approximate surface area is 78.4 Å². The van der Waals surface area contributed by atoms with Crippen molar-refractivity contribution in [1.82, 2.24) is 4.90 Å². The number of carbonyl (C=O) groups excluding carboxylic acids is 1. The highest BCUT2D eigenvalue weighted by molar-refractivity contribution is 5.92. The summed E-state index contributed by atoms with van der Waals surface area (Å²) in [4.78, 5) is 13.3. The summed E-state index contributed by atoms with van der Waals surface area (Å²) in [5.74, 6) is 0.274. The predicted octanol–water partition coefficient (Wildman–Crippen LogP) is 0.954. The highest BCUT2D eigenvalue weighted by Crippen LogP contribution is 2.24. The molecule has 2 aliphatic rings. The summed E-state index contributed by atoms with van der Waals surface area (Å²) in [6.07, 6.45) is 4.86. The number of ether oxygens (including phenoxy) is 1. The van der Waals surface area contributed by atoms with Gasteiger partial charge in [0.05, 0.1) is 6.10 Å². The fraction of sp³-hybridized carbons (Fsp3) is 0.700. The van der Waals surface area contributed by atoms with Crippen molar-refractivity contribution in [2.24, 2.45) is 0 Å². The molecule has 0 saturated carbocycles. The quantitative estimate of drug-likeness (QED) is 0.635. The van der Waals surface area contributed by atoms with Gasteiger partial charge in [-0.25, -0.2) is 0 Å². The first-order chi connectivity index (χ1) is 6.29. The fourth-order valence-electron chi connectivity index (χ4n) is 2.01. The lowest BCUT2D eigenvalue weighted by molar-refractivity contribution is -0.114. The van der Waals surface area contributed by atoms with Gasteiger partial charge in [-0.1, -0.05) is 0 Å². The van der Waals surface area contributed by atoms with Crippen molar-refractivity contribution in [3.63, 3.8) is 0 Å².